The van der Waals surface area contributed by atoms with Gasteiger partial charge in [-0.1, -0.05) is 76.2 Å². The summed E-state index contributed by atoms with van der Waals surface area (Å²) >= 11 is 0. The van der Waals surface area contributed by atoms with Gasteiger partial charge in [-0.3, -0.25) is 9.59 Å². The number of imide groups is 1. The fraction of sp³-hybridized carbons (Fsp3) is 0.200. The Balaban J connectivity index is 1.70. The maximum atomic E-state index is 13.9. The van der Waals surface area contributed by atoms with Gasteiger partial charge in [-0.2, -0.15) is 0 Å². The quantitative estimate of drug-likeness (QED) is 0.294. The normalized spacial score (nSPS) is 13.3. The topological polar surface area (TPSA) is 46.6 Å². The predicted octanol–water partition coefficient (Wildman–Crippen LogP) is 7.68. The second-order valence-corrected chi connectivity index (χ2v) is 9.29. The number of hydrogen-bond donors (Lipinski definition) is 0. The number of amides is 2. The molecule has 5 rings (SSSR count). The van der Waals surface area contributed by atoms with Crippen molar-refractivity contribution in [1.29, 1.82) is 0 Å². The van der Waals surface area contributed by atoms with E-state index >= 15 is 0 Å². The van der Waals surface area contributed by atoms with Crippen LogP contribution in [-0.2, 0) is 0 Å². The summed E-state index contributed by atoms with van der Waals surface area (Å²) in [5.74, 6) is 1.04. The zero-order chi connectivity index (χ0) is 24.0. The van der Waals surface area contributed by atoms with E-state index in [4.69, 9.17) is 4.74 Å². The van der Waals surface area contributed by atoms with Gasteiger partial charge in [-0.05, 0) is 53.3 Å². The SMILES string of the molecule is CC(C)c1cccc(C(C)C)c1N1C(=O)c2cccc3c(Oc4ccccc4)ccc(c23)C1=O. The van der Waals surface area contributed by atoms with E-state index in [9.17, 15) is 9.59 Å². The van der Waals surface area contributed by atoms with Crippen LogP contribution in [0.4, 0.5) is 5.69 Å². The third-order valence-electron chi connectivity index (χ3n) is 6.40. The molecule has 0 radical (unpaired) electrons. The highest BCUT2D eigenvalue weighted by molar-refractivity contribution is 6.36. The van der Waals surface area contributed by atoms with Crippen molar-refractivity contribution in [2.45, 2.75) is 39.5 Å². The maximum absolute atomic E-state index is 13.9. The van der Waals surface area contributed by atoms with Crippen molar-refractivity contribution in [2.75, 3.05) is 4.90 Å². The van der Waals surface area contributed by atoms with Gasteiger partial charge in [-0.25, -0.2) is 4.90 Å². The van der Waals surface area contributed by atoms with Gasteiger partial charge < -0.3 is 4.74 Å². The van der Waals surface area contributed by atoms with Crippen molar-refractivity contribution >= 4 is 28.3 Å². The first-order valence-electron chi connectivity index (χ1n) is 11.7. The van der Waals surface area contributed by atoms with Crippen molar-refractivity contribution < 1.29 is 14.3 Å². The van der Waals surface area contributed by atoms with Crippen LogP contribution in [0.3, 0.4) is 0 Å². The lowest BCUT2D eigenvalue weighted by Crippen LogP contribution is -2.41. The molecule has 4 aromatic rings. The average molecular weight is 450 g/mol. The van der Waals surface area contributed by atoms with E-state index in [1.54, 1.807) is 12.1 Å². The number of rotatable bonds is 5. The molecule has 0 saturated heterocycles. The molecular weight excluding hydrogens is 422 g/mol. The molecule has 34 heavy (non-hydrogen) atoms. The number of anilines is 1. The standard InChI is InChI=1S/C30H27NO3/c1-18(2)21-12-8-13-22(19(3)4)28(21)31-29(32)24-15-9-14-23-26(34-20-10-6-5-7-11-20)17-16-25(27(23)24)30(31)33/h5-19H,1-4H3. The molecule has 0 unspecified atom stereocenters. The van der Waals surface area contributed by atoms with Gasteiger partial charge in [0.1, 0.15) is 11.5 Å². The van der Waals surface area contributed by atoms with E-state index in [1.807, 2.05) is 66.7 Å². The molecule has 0 spiro atoms. The summed E-state index contributed by atoms with van der Waals surface area (Å²) in [7, 11) is 0. The summed E-state index contributed by atoms with van der Waals surface area (Å²) in [5.41, 5.74) is 3.73. The predicted molar refractivity (Wildman–Crippen MR) is 136 cm³/mol. The smallest absolute Gasteiger partial charge is 0.266 e. The van der Waals surface area contributed by atoms with Crippen LogP contribution < -0.4 is 9.64 Å². The Labute approximate surface area is 199 Å². The van der Waals surface area contributed by atoms with Crippen molar-refractivity contribution in [2.24, 2.45) is 0 Å². The van der Waals surface area contributed by atoms with E-state index < -0.39 is 0 Å². The summed E-state index contributed by atoms with van der Waals surface area (Å²) in [5, 5.41) is 1.40. The molecule has 2 amide bonds. The van der Waals surface area contributed by atoms with Gasteiger partial charge in [0, 0.05) is 21.9 Å². The summed E-state index contributed by atoms with van der Waals surface area (Å²) in [6.45, 7) is 8.35. The van der Waals surface area contributed by atoms with Crippen molar-refractivity contribution in [1.82, 2.24) is 0 Å². The van der Waals surface area contributed by atoms with Crippen molar-refractivity contribution in [3.05, 3.63) is 101 Å². The third-order valence-corrected chi connectivity index (χ3v) is 6.40. The van der Waals surface area contributed by atoms with E-state index in [0.717, 1.165) is 22.2 Å². The van der Waals surface area contributed by atoms with Crippen LogP contribution in [0.2, 0.25) is 0 Å². The summed E-state index contributed by atoms with van der Waals surface area (Å²) < 4.78 is 6.12. The Morgan fingerprint density at radius 1 is 0.647 bits per heavy atom. The lowest BCUT2D eigenvalue weighted by molar-refractivity contribution is 0.0893. The Bertz CT molecular complexity index is 1370. The molecule has 1 aliphatic heterocycles. The Morgan fingerprint density at radius 2 is 1.24 bits per heavy atom. The fourth-order valence-electron chi connectivity index (χ4n) is 4.75. The second-order valence-electron chi connectivity index (χ2n) is 9.29. The first-order chi connectivity index (χ1) is 16.4. The molecular formula is C30H27NO3. The van der Waals surface area contributed by atoms with Gasteiger partial charge in [0.05, 0.1) is 5.69 Å². The molecule has 0 N–H and O–H groups in total. The van der Waals surface area contributed by atoms with Crippen LogP contribution in [0.5, 0.6) is 11.5 Å². The number of carbonyl (C=O) groups excluding carboxylic acids is 2. The van der Waals surface area contributed by atoms with E-state index in [0.29, 0.717) is 28.0 Å². The molecule has 4 nitrogen and oxygen atoms in total. The average Bonchev–Trinajstić information content (AvgIpc) is 2.83. The van der Waals surface area contributed by atoms with E-state index in [2.05, 4.69) is 27.7 Å². The number of ether oxygens (including phenoxy) is 1. The van der Waals surface area contributed by atoms with Crippen LogP contribution in [0.25, 0.3) is 10.8 Å². The molecule has 0 aromatic heterocycles. The van der Waals surface area contributed by atoms with Crippen molar-refractivity contribution in [3.63, 3.8) is 0 Å². The van der Waals surface area contributed by atoms with Gasteiger partial charge in [0.15, 0.2) is 0 Å². The van der Waals surface area contributed by atoms with E-state index in [1.165, 1.54) is 4.90 Å². The molecule has 0 atom stereocenters. The molecule has 0 bridgehead atoms. The third kappa shape index (κ3) is 3.47. The largest absolute Gasteiger partial charge is 0.457 e. The highest BCUT2D eigenvalue weighted by Gasteiger charge is 2.37. The van der Waals surface area contributed by atoms with Gasteiger partial charge in [0.25, 0.3) is 11.8 Å². The first-order valence-corrected chi connectivity index (χ1v) is 11.7. The van der Waals surface area contributed by atoms with Crippen LogP contribution in [0.1, 0.15) is 71.4 Å². The molecule has 0 saturated carbocycles. The lowest BCUT2D eigenvalue weighted by atomic mass is 9.88. The molecule has 4 aromatic carbocycles. The first kappa shape index (κ1) is 21.9. The van der Waals surface area contributed by atoms with E-state index in [-0.39, 0.29) is 23.7 Å². The number of nitrogens with zero attached hydrogens (tertiary/aromatic N) is 1. The van der Waals surface area contributed by atoms with Gasteiger partial charge in [0.2, 0.25) is 0 Å². The van der Waals surface area contributed by atoms with Crippen LogP contribution in [0.15, 0.2) is 78.9 Å². The van der Waals surface area contributed by atoms with Gasteiger partial charge >= 0.3 is 0 Å². The maximum Gasteiger partial charge on any atom is 0.266 e. The molecule has 1 aliphatic rings. The van der Waals surface area contributed by atoms with Crippen LogP contribution in [-0.4, -0.2) is 11.8 Å². The number of hydrogen-bond acceptors (Lipinski definition) is 3. The molecule has 1 heterocycles. The minimum Gasteiger partial charge on any atom is -0.457 e. The second kappa shape index (κ2) is 8.45. The molecule has 4 heteroatoms. The molecule has 0 aliphatic carbocycles. The summed E-state index contributed by atoms with van der Waals surface area (Å²) in [4.78, 5) is 29.2. The highest BCUT2D eigenvalue weighted by Crippen LogP contribution is 2.42. The van der Waals surface area contributed by atoms with Crippen molar-refractivity contribution in [3.8, 4) is 11.5 Å². The molecule has 170 valence electrons. The van der Waals surface area contributed by atoms with Gasteiger partial charge in [-0.15, -0.1) is 0 Å². The Morgan fingerprint density at radius 3 is 1.85 bits per heavy atom. The summed E-state index contributed by atoms with van der Waals surface area (Å²) in [6, 6.07) is 24.7. The zero-order valence-electron chi connectivity index (χ0n) is 19.8. The Hall–Kier alpha value is -3.92. The lowest BCUT2D eigenvalue weighted by Gasteiger charge is -2.32. The monoisotopic (exact) mass is 449 g/mol. The van der Waals surface area contributed by atoms with Crippen LogP contribution in [0, 0.1) is 0 Å². The number of carbonyl (C=O) groups is 2. The number of benzene rings is 4. The molecule has 0 fully saturated rings. The highest BCUT2D eigenvalue weighted by atomic mass is 16.5. The Kier molecular flexibility index (Phi) is 5.45. The number of para-hydroxylation sites is 2. The fourth-order valence-corrected chi connectivity index (χ4v) is 4.75. The minimum atomic E-state index is -0.296. The minimum absolute atomic E-state index is 0.160. The summed E-state index contributed by atoms with van der Waals surface area (Å²) in [6.07, 6.45) is 0. The van der Waals surface area contributed by atoms with Crippen LogP contribution >= 0.6 is 0 Å². The zero-order valence-corrected chi connectivity index (χ0v) is 19.8.